The summed E-state index contributed by atoms with van der Waals surface area (Å²) in [6.07, 6.45) is 1.57. The summed E-state index contributed by atoms with van der Waals surface area (Å²) >= 11 is 0. The molecule has 1 aromatic heterocycles. The first-order valence-corrected chi connectivity index (χ1v) is 5.74. The van der Waals surface area contributed by atoms with E-state index in [0.717, 1.165) is 6.54 Å². The SMILES string of the molecule is CCOCCNCCn1cc(C)c(=O)[nH]c1=O. The molecule has 17 heavy (non-hydrogen) atoms. The molecule has 0 aliphatic rings. The van der Waals surface area contributed by atoms with Crippen molar-refractivity contribution in [3.8, 4) is 0 Å². The van der Waals surface area contributed by atoms with Gasteiger partial charge in [-0.05, 0) is 13.8 Å². The minimum atomic E-state index is -0.368. The van der Waals surface area contributed by atoms with Crippen LogP contribution in [0.1, 0.15) is 12.5 Å². The van der Waals surface area contributed by atoms with E-state index in [2.05, 4.69) is 10.3 Å². The third-order valence-electron chi connectivity index (χ3n) is 2.35. The van der Waals surface area contributed by atoms with Gasteiger partial charge in [0.15, 0.2) is 0 Å². The number of hydrogen-bond donors (Lipinski definition) is 2. The summed E-state index contributed by atoms with van der Waals surface area (Å²) in [7, 11) is 0. The summed E-state index contributed by atoms with van der Waals surface area (Å²) in [5.41, 5.74) is -0.151. The Labute approximate surface area is 99.6 Å². The monoisotopic (exact) mass is 241 g/mol. The van der Waals surface area contributed by atoms with E-state index in [1.165, 1.54) is 4.57 Å². The molecule has 0 aliphatic carbocycles. The predicted octanol–water partition coefficient (Wildman–Crippen LogP) is -0.529. The van der Waals surface area contributed by atoms with Crippen molar-refractivity contribution in [2.45, 2.75) is 20.4 Å². The van der Waals surface area contributed by atoms with Crippen LogP contribution in [0.3, 0.4) is 0 Å². The number of aryl methyl sites for hydroxylation is 1. The molecule has 6 heteroatoms. The fourth-order valence-corrected chi connectivity index (χ4v) is 1.40. The summed E-state index contributed by atoms with van der Waals surface area (Å²) < 4.78 is 6.66. The topological polar surface area (TPSA) is 76.1 Å². The molecule has 1 aromatic rings. The van der Waals surface area contributed by atoms with E-state index in [9.17, 15) is 9.59 Å². The Bertz CT molecular complexity index is 450. The Balaban J connectivity index is 2.39. The van der Waals surface area contributed by atoms with Gasteiger partial charge in [0.1, 0.15) is 0 Å². The zero-order valence-corrected chi connectivity index (χ0v) is 10.3. The van der Waals surface area contributed by atoms with Gasteiger partial charge in [0.05, 0.1) is 6.61 Å². The zero-order chi connectivity index (χ0) is 12.7. The highest BCUT2D eigenvalue weighted by atomic mass is 16.5. The normalized spacial score (nSPS) is 10.7. The maximum atomic E-state index is 11.4. The number of nitrogens with one attached hydrogen (secondary N) is 2. The molecular weight excluding hydrogens is 222 g/mol. The van der Waals surface area contributed by atoms with E-state index in [0.29, 0.717) is 31.9 Å². The Kier molecular flexibility index (Phi) is 5.65. The Hall–Kier alpha value is -1.40. The Morgan fingerprint density at radius 1 is 1.41 bits per heavy atom. The Morgan fingerprint density at radius 3 is 2.88 bits per heavy atom. The van der Waals surface area contributed by atoms with E-state index in [4.69, 9.17) is 4.74 Å². The lowest BCUT2D eigenvalue weighted by Gasteiger charge is -2.07. The molecule has 0 bridgehead atoms. The fraction of sp³-hybridized carbons (Fsp3) is 0.636. The summed E-state index contributed by atoms with van der Waals surface area (Å²) in [6, 6.07) is 0. The van der Waals surface area contributed by atoms with Crippen molar-refractivity contribution in [2.75, 3.05) is 26.3 Å². The van der Waals surface area contributed by atoms with Gasteiger partial charge in [-0.2, -0.15) is 0 Å². The van der Waals surface area contributed by atoms with Crippen molar-refractivity contribution < 1.29 is 4.74 Å². The highest BCUT2D eigenvalue weighted by Gasteiger charge is 1.99. The minimum Gasteiger partial charge on any atom is -0.380 e. The average molecular weight is 241 g/mol. The van der Waals surface area contributed by atoms with E-state index in [-0.39, 0.29) is 11.2 Å². The first kappa shape index (κ1) is 13.7. The van der Waals surface area contributed by atoms with Crippen molar-refractivity contribution in [3.05, 3.63) is 32.6 Å². The first-order valence-electron chi connectivity index (χ1n) is 5.74. The van der Waals surface area contributed by atoms with Crippen LogP contribution in [0, 0.1) is 6.92 Å². The van der Waals surface area contributed by atoms with Gasteiger partial charge in [-0.3, -0.25) is 14.3 Å². The lowest BCUT2D eigenvalue weighted by molar-refractivity contribution is 0.149. The van der Waals surface area contributed by atoms with Crippen LogP contribution >= 0.6 is 0 Å². The lowest BCUT2D eigenvalue weighted by atomic mass is 10.4. The molecule has 2 N–H and O–H groups in total. The van der Waals surface area contributed by atoms with Gasteiger partial charge >= 0.3 is 5.69 Å². The molecule has 0 fully saturated rings. The van der Waals surface area contributed by atoms with Gasteiger partial charge in [0.25, 0.3) is 5.56 Å². The maximum absolute atomic E-state index is 11.4. The summed E-state index contributed by atoms with van der Waals surface area (Å²) in [4.78, 5) is 24.8. The van der Waals surface area contributed by atoms with Crippen LogP contribution in [0.2, 0.25) is 0 Å². The van der Waals surface area contributed by atoms with E-state index < -0.39 is 0 Å². The van der Waals surface area contributed by atoms with Crippen molar-refractivity contribution >= 4 is 0 Å². The van der Waals surface area contributed by atoms with Crippen LogP contribution in [0.15, 0.2) is 15.8 Å². The van der Waals surface area contributed by atoms with Crippen LogP contribution in [0.4, 0.5) is 0 Å². The highest BCUT2D eigenvalue weighted by Crippen LogP contribution is 1.83. The molecule has 0 atom stereocenters. The predicted molar refractivity (Wildman–Crippen MR) is 65.4 cm³/mol. The standard InChI is InChI=1S/C11H19N3O3/c1-3-17-7-5-12-4-6-14-8-9(2)10(15)13-11(14)16/h8,12H,3-7H2,1-2H3,(H,13,15,16). The lowest BCUT2D eigenvalue weighted by Crippen LogP contribution is -2.34. The fourth-order valence-electron chi connectivity index (χ4n) is 1.40. The molecule has 6 nitrogen and oxygen atoms in total. The second-order valence-corrected chi connectivity index (χ2v) is 3.71. The molecule has 1 rings (SSSR count). The number of rotatable bonds is 7. The van der Waals surface area contributed by atoms with Crippen molar-refractivity contribution in [2.24, 2.45) is 0 Å². The number of hydrogen-bond acceptors (Lipinski definition) is 4. The van der Waals surface area contributed by atoms with E-state index in [1.807, 2.05) is 6.92 Å². The maximum Gasteiger partial charge on any atom is 0.328 e. The van der Waals surface area contributed by atoms with Gasteiger partial charge in [0.2, 0.25) is 0 Å². The number of nitrogens with zero attached hydrogens (tertiary/aromatic N) is 1. The summed E-state index contributed by atoms with van der Waals surface area (Å²) in [5.74, 6) is 0. The van der Waals surface area contributed by atoms with Gasteiger partial charge < -0.3 is 10.1 Å². The second-order valence-electron chi connectivity index (χ2n) is 3.71. The minimum absolute atomic E-state index is 0.324. The van der Waals surface area contributed by atoms with Crippen LogP contribution in [0.5, 0.6) is 0 Å². The smallest absolute Gasteiger partial charge is 0.328 e. The molecule has 0 radical (unpaired) electrons. The van der Waals surface area contributed by atoms with E-state index >= 15 is 0 Å². The second kappa shape index (κ2) is 7.03. The number of H-pyrrole nitrogens is 1. The van der Waals surface area contributed by atoms with Crippen LogP contribution in [-0.4, -0.2) is 35.9 Å². The molecule has 0 amide bonds. The van der Waals surface area contributed by atoms with Crippen LogP contribution in [-0.2, 0) is 11.3 Å². The van der Waals surface area contributed by atoms with Gasteiger partial charge in [0, 0.05) is 38.0 Å². The zero-order valence-electron chi connectivity index (χ0n) is 10.3. The highest BCUT2D eigenvalue weighted by molar-refractivity contribution is 5.00. The summed E-state index contributed by atoms with van der Waals surface area (Å²) in [5, 5.41) is 3.15. The van der Waals surface area contributed by atoms with Gasteiger partial charge in [-0.25, -0.2) is 4.79 Å². The largest absolute Gasteiger partial charge is 0.380 e. The molecule has 1 heterocycles. The quantitative estimate of drug-likeness (QED) is 0.629. The van der Waals surface area contributed by atoms with Gasteiger partial charge in [-0.15, -0.1) is 0 Å². The number of ether oxygens (including phenoxy) is 1. The molecule has 0 aliphatic heterocycles. The first-order chi connectivity index (χ1) is 8.15. The molecule has 0 aromatic carbocycles. The number of aromatic nitrogens is 2. The van der Waals surface area contributed by atoms with Crippen molar-refractivity contribution in [3.63, 3.8) is 0 Å². The molecule has 96 valence electrons. The van der Waals surface area contributed by atoms with Crippen LogP contribution < -0.4 is 16.6 Å². The van der Waals surface area contributed by atoms with Crippen molar-refractivity contribution in [1.82, 2.24) is 14.9 Å². The molecular formula is C11H19N3O3. The van der Waals surface area contributed by atoms with Gasteiger partial charge in [-0.1, -0.05) is 0 Å². The van der Waals surface area contributed by atoms with Crippen LogP contribution in [0.25, 0.3) is 0 Å². The van der Waals surface area contributed by atoms with Crippen molar-refractivity contribution in [1.29, 1.82) is 0 Å². The third kappa shape index (κ3) is 4.54. The average Bonchev–Trinajstić information content (AvgIpc) is 2.30. The molecule has 0 saturated carbocycles. The molecule has 0 saturated heterocycles. The third-order valence-corrected chi connectivity index (χ3v) is 2.35. The van der Waals surface area contributed by atoms with E-state index in [1.54, 1.807) is 13.1 Å². The number of aromatic amines is 1. The molecule has 0 spiro atoms. The summed E-state index contributed by atoms with van der Waals surface area (Å²) in [6.45, 7) is 6.95. The Morgan fingerprint density at radius 2 is 2.18 bits per heavy atom. The molecule has 0 unspecified atom stereocenters.